The van der Waals surface area contributed by atoms with E-state index in [2.05, 4.69) is 35.0 Å². The van der Waals surface area contributed by atoms with Crippen LogP contribution in [-0.2, 0) is 24.2 Å². The van der Waals surface area contributed by atoms with E-state index in [4.69, 9.17) is 16.7 Å². The molecule has 0 radical (unpaired) electrons. The van der Waals surface area contributed by atoms with Crippen LogP contribution in [-0.4, -0.2) is 30.8 Å². The summed E-state index contributed by atoms with van der Waals surface area (Å²) in [5, 5.41) is 13.7. The van der Waals surface area contributed by atoms with E-state index in [1.807, 2.05) is 30.3 Å². The molecule has 0 saturated heterocycles. The van der Waals surface area contributed by atoms with Gasteiger partial charge < -0.3 is 10.1 Å². The maximum absolute atomic E-state index is 12.6. The van der Waals surface area contributed by atoms with Crippen LogP contribution in [0.5, 0.6) is 0 Å². The first-order valence-electron chi connectivity index (χ1n) is 11.1. The lowest BCUT2D eigenvalue weighted by atomic mass is 9.96. The Morgan fingerprint density at radius 2 is 2.06 bits per heavy atom. The third-order valence-electron chi connectivity index (χ3n) is 5.61. The van der Waals surface area contributed by atoms with Crippen molar-refractivity contribution in [3.63, 3.8) is 0 Å². The molecule has 1 saturated carbocycles. The molecule has 1 aliphatic carbocycles. The van der Waals surface area contributed by atoms with E-state index < -0.39 is 5.97 Å². The van der Waals surface area contributed by atoms with E-state index in [0.717, 1.165) is 40.8 Å². The molecule has 8 heteroatoms. The van der Waals surface area contributed by atoms with E-state index in [1.54, 1.807) is 0 Å². The fourth-order valence-corrected chi connectivity index (χ4v) is 4.13. The molecule has 2 aromatic heterocycles. The fraction of sp³-hybridized carbons (Fsp3) is 0.360. The van der Waals surface area contributed by atoms with Gasteiger partial charge in [0.25, 0.3) is 5.56 Å². The first-order chi connectivity index (χ1) is 15.8. The number of carboxylic acid groups (broad SMARTS) is 1. The molecule has 1 fully saturated rings. The zero-order valence-electron chi connectivity index (χ0n) is 18.7. The Morgan fingerprint density at radius 1 is 1.27 bits per heavy atom. The van der Waals surface area contributed by atoms with Gasteiger partial charge in [0.1, 0.15) is 12.9 Å². The van der Waals surface area contributed by atoms with Crippen molar-refractivity contribution in [1.29, 1.82) is 0 Å². The molecule has 1 aromatic carbocycles. The van der Waals surface area contributed by atoms with Crippen LogP contribution in [0.1, 0.15) is 60.8 Å². The zero-order chi connectivity index (χ0) is 23.5. The average Bonchev–Trinajstić information content (AvgIpc) is 3.50. The average molecular weight is 467 g/mol. The lowest BCUT2D eigenvalue weighted by Crippen LogP contribution is -2.13. The van der Waals surface area contributed by atoms with Crippen molar-refractivity contribution in [2.24, 2.45) is 5.92 Å². The van der Waals surface area contributed by atoms with Gasteiger partial charge in [-0.15, -0.1) is 0 Å². The number of halogens is 1. The zero-order valence-corrected chi connectivity index (χ0v) is 19.5. The Balaban J connectivity index is 1.54. The fourth-order valence-electron chi connectivity index (χ4n) is 3.86. The number of carbonyl (C=O) groups is 1. The second-order valence-electron chi connectivity index (χ2n) is 8.81. The summed E-state index contributed by atoms with van der Waals surface area (Å²) in [6.45, 7) is 3.99. The monoisotopic (exact) mass is 466 g/mol. The minimum Gasteiger partial charge on any atom is -0.480 e. The smallest absolute Gasteiger partial charge is 0.325 e. The van der Waals surface area contributed by atoms with Gasteiger partial charge in [-0.1, -0.05) is 49.7 Å². The van der Waals surface area contributed by atoms with E-state index in [-0.39, 0.29) is 18.0 Å². The van der Waals surface area contributed by atoms with Crippen LogP contribution in [0.4, 0.5) is 0 Å². The number of nitrogens with one attached hydrogen (secondary N) is 1. The standard InChI is InChI=1S/C25H27ClN4O3/c1-15(2)11-20(22-9-8-19(16-3-4-16)25(33)28-22)18-6-5-17(21(26)12-18)7-10-23-27-14-30(29-23)13-24(31)32/h5-6,8-9,11-12,14-16H,3-4,7,10,13H2,1-2H3,(H,28,33)(H,31,32)/b20-11+. The van der Waals surface area contributed by atoms with Crippen molar-refractivity contribution in [3.8, 4) is 0 Å². The lowest BCUT2D eigenvalue weighted by molar-refractivity contribution is -0.137. The molecule has 2 heterocycles. The number of hydrogen-bond acceptors (Lipinski definition) is 4. The summed E-state index contributed by atoms with van der Waals surface area (Å²) in [6, 6.07) is 9.86. The highest BCUT2D eigenvalue weighted by Gasteiger charge is 2.26. The molecule has 7 nitrogen and oxygen atoms in total. The Hall–Kier alpha value is -3.19. The van der Waals surface area contributed by atoms with Crippen LogP contribution in [0.15, 0.2) is 47.5 Å². The number of rotatable bonds is 9. The highest BCUT2D eigenvalue weighted by molar-refractivity contribution is 6.31. The van der Waals surface area contributed by atoms with Gasteiger partial charge in [-0.3, -0.25) is 9.59 Å². The summed E-state index contributed by atoms with van der Waals surface area (Å²) in [5.74, 6) is 0.306. The highest BCUT2D eigenvalue weighted by Crippen LogP contribution is 2.38. The number of pyridine rings is 1. The summed E-state index contributed by atoms with van der Waals surface area (Å²) in [7, 11) is 0. The number of benzene rings is 1. The summed E-state index contributed by atoms with van der Waals surface area (Å²) < 4.78 is 1.31. The molecule has 0 unspecified atom stereocenters. The normalized spacial score (nSPS) is 14.1. The van der Waals surface area contributed by atoms with Gasteiger partial charge in [-0.25, -0.2) is 9.67 Å². The molecule has 0 amide bonds. The number of aryl methyl sites for hydroxylation is 2. The van der Waals surface area contributed by atoms with Gasteiger partial charge >= 0.3 is 5.97 Å². The second-order valence-corrected chi connectivity index (χ2v) is 9.22. The van der Waals surface area contributed by atoms with Crippen molar-refractivity contribution in [2.75, 3.05) is 0 Å². The second kappa shape index (κ2) is 9.75. The van der Waals surface area contributed by atoms with Crippen LogP contribution in [0.25, 0.3) is 5.57 Å². The molecule has 0 atom stereocenters. The third-order valence-corrected chi connectivity index (χ3v) is 5.96. The molecule has 0 aliphatic heterocycles. The summed E-state index contributed by atoms with van der Waals surface area (Å²) in [4.78, 5) is 30.6. The number of aromatic amines is 1. The van der Waals surface area contributed by atoms with E-state index in [0.29, 0.717) is 29.6 Å². The molecule has 1 aliphatic rings. The number of aromatic nitrogens is 4. The predicted molar refractivity (Wildman–Crippen MR) is 127 cm³/mol. The molecule has 2 N–H and O–H groups in total. The van der Waals surface area contributed by atoms with Crippen molar-refractivity contribution in [3.05, 3.63) is 86.3 Å². The first kappa shape index (κ1) is 23.0. The molecule has 4 rings (SSSR count). The number of aliphatic carboxylic acids is 1. The maximum atomic E-state index is 12.6. The van der Waals surface area contributed by atoms with Gasteiger partial charge in [-0.05, 0) is 54.4 Å². The molecular formula is C25H27ClN4O3. The lowest BCUT2D eigenvalue weighted by Gasteiger charge is -2.13. The van der Waals surface area contributed by atoms with Gasteiger partial charge in [0.2, 0.25) is 0 Å². The predicted octanol–water partition coefficient (Wildman–Crippen LogP) is 4.45. The first-order valence-corrected chi connectivity index (χ1v) is 11.5. The maximum Gasteiger partial charge on any atom is 0.325 e. The summed E-state index contributed by atoms with van der Waals surface area (Å²) in [5.41, 5.74) is 4.49. The number of hydrogen-bond donors (Lipinski definition) is 2. The quantitative estimate of drug-likeness (QED) is 0.485. The van der Waals surface area contributed by atoms with Gasteiger partial charge in [0, 0.05) is 28.3 Å². The summed E-state index contributed by atoms with van der Waals surface area (Å²) >= 11 is 6.62. The van der Waals surface area contributed by atoms with Crippen molar-refractivity contribution < 1.29 is 9.90 Å². The summed E-state index contributed by atoms with van der Waals surface area (Å²) in [6.07, 6.45) is 6.91. The van der Waals surface area contributed by atoms with Crippen molar-refractivity contribution in [2.45, 2.75) is 52.0 Å². The minimum absolute atomic E-state index is 0.0118. The van der Waals surface area contributed by atoms with E-state index in [9.17, 15) is 9.59 Å². The van der Waals surface area contributed by atoms with Crippen LogP contribution < -0.4 is 5.56 Å². The van der Waals surface area contributed by atoms with Crippen LogP contribution in [0, 0.1) is 5.92 Å². The largest absolute Gasteiger partial charge is 0.480 e. The molecule has 3 aromatic rings. The van der Waals surface area contributed by atoms with Crippen molar-refractivity contribution in [1.82, 2.24) is 19.7 Å². The molecule has 33 heavy (non-hydrogen) atoms. The molecular weight excluding hydrogens is 440 g/mol. The van der Waals surface area contributed by atoms with Crippen LogP contribution in [0.3, 0.4) is 0 Å². The van der Waals surface area contributed by atoms with E-state index in [1.165, 1.54) is 11.0 Å². The van der Waals surface area contributed by atoms with Gasteiger partial charge in [0.15, 0.2) is 5.82 Å². The Labute approximate surface area is 197 Å². The highest BCUT2D eigenvalue weighted by atomic mass is 35.5. The Bertz CT molecular complexity index is 1250. The third kappa shape index (κ3) is 5.79. The van der Waals surface area contributed by atoms with Gasteiger partial charge in [-0.2, -0.15) is 5.10 Å². The number of nitrogens with zero attached hydrogens (tertiary/aromatic N) is 3. The number of allylic oxidation sites excluding steroid dienone is 1. The SMILES string of the molecule is CC(C)/C=C(\c1ccc(CCc2ncn(CC(=O)O)n2)c(Cl)c1)c1ccc(C2CC2)c(=O)[nH]1. The van der Waals surface area contributed by atoms with Crippen molar-refractivity contribution >= 4 is 23.1 Å². The van der Waals surface area contributed by atoms with Gasteiger partial charge in [0.05, 0.1) is 0 Å². The minimum atomic E-state index is -0.959. The molecule has 0 spiro atoms. The van der Waals surface area contributed by atoms with Crippen LogP contribution in [0.2, 0.25) is 5.02 Å². The molecule has 0 bridgehead atoms. The Morgan fingerprint density at radius 3 is 2.70 bits per heavy atom. The number of carboxylic acids is 1. The van der Waals surface area contributed by atoms with Crippen LogP contribution >= 0.6 is 11.6 Å². The number of H-pyrrole nitrogens is 1. The topological polar surface area (TPSA) is 101 Å². The Kier molecular flexibility index (Phi) is 6.79. The van der Waals surface area contributed by atoms with E-state index >= 15 is 0 Å². The molecule has 172 valence electrons.